The van der Waals surface area contributed by atoms with Gasteiger partial charge in [-0.05, 0) is 25.7 Å². The molecular formula is C11H20O2. The summed E-state index contributed by atoms with van der Waals surface area (Å²) in [5.74, 6) is 0.435. The average Bonchev–Trinajstić information content (AvgIpc) is 2.05. The van der Waals surface area contributed by atoms with Crippen LogP contribution in [-0.2, 0) is 9.53 Å². The van der Waals surface area contributed by atoms with Crippen LogP contribution in [0.15, 0.2) is 12.7 Å². The highest BCUT2D eigenvalue weighted by Gasteiger charge is 2.16. The fraction of sp³-hybridized carbons (Fsp3) is 0.727. The van der Waals surface area contributed by atoms with Crippen molar-refractivity contribution in [2.75, 3.05) is 6.61 Å². The minimum atomic E-state index is -0.0848. The summed E-state index contributed by atoms with van der Waals surface area (Å²) in [6, 6.07) is 0. The van der Waals surface area contributed by atoms with Crippen LogP contribution in [0, 0.1) is 11.8 Å². The van der Waals surface area contributed by atoms with Crippen molar-refractivity contribution in [2.45, 2.75) is 33.6 Å². The molecule has 0 rings (SSSR count). The van der Waals surface area contributed by atoms with Crippen molar-refractivity contribution in [3.05, 3.63) is 12.7 Å². The van der Waals surface area contributed by atoms with Crippen LogP contribution in [0.1, 0.15) is 33.6 Å². The Balaban J connectivity index is 3.77. The number of hydrogen-bond acceptors (Lipinski definition) is 2. The van der Waals surface area contributed by atoms with Gasteiger partial charge in [0.25, 0.3) is 0 Å². The molecule has 0 saturated carbocycles. The SMILES string of the molecule is C=CCC(C)CC(C)C(=O)OCC. The van der Waals surface area contributed by atoms with Crippen LogP contribution in [0.25, 0.3) is 0 Å². The number of rotatable bonds is 6. The zero-order valence-electron chi connectivity index (χ0n) is 8.88. The third-order valence-electron chi connectivity index (χ3n) is 2.01. The van der Waals surface area contributed by atoms with E-state index in [1.807, 2.05) is 19.9 Å². The molecule has 76 valence electrons. The van der Waals surface area contributed by atoms with Crippen molar-refractivity contribution >= 4 is 5.97 Å². The number of carbonyl (C=O) groups is 1. The molecule has 0 aliphatic rings. The smallest absolute Gasteiger partial charge is 0.308 e. The Morgan fingerprint density at radius 3 is 2.62 bits per heavy atom. The predicted molar refractivity (Wildman–Crippen MR) is 54.4 cm³/mol. The number of ether oxygens (including phenoxy) is 1. The van der Waals surface area contributed by atoms with E-state index in [1.54, 1.807) is 0 Å². The van der Waals surface area contributed by atoms with Gasteiger partial charge in [-0.25, -0.2) is 0 Å². The Hall–Kier alpha value is -0.790. The molecule has 0 fully saturated rings. The molecule has 0 bridgehead atoms. The molecule has 2 unspecified atom stereocenters. The van der Waals surface area contributed by atoms with E-state index >= 15 is 0 Å². The fourth-order valence-corrected chi connectivity index (χ4v) is 1.37. The van der Waals surface area contributed by atoms with E-state index in [1.165, 1.54) is 0 Å². The standard InChI is InChI=1S/C11H20O2/c1-5-7-9(3)8-10(4)11(12)13-6-2/h5,9-10H,1,6-8H2,2-4H3. The second-order valence-electron chi connectivity index (χ2n) is 3.52. The van der Waals surface area contributed by atoms with Gasteiger partial charge in [-0.2, -0.15) is 0 Å². The Labute approximate surface area is 81.0 Å². The largest absolute Gasteiger partial charge is 0.466 e. The van der Waals surface area contributed by atoms with Crippen LogP contribution in [0.5, 0.6) is 0 Å². The van der Waals surface area contributed by atoms with E-state index in [9.17, 15) is 4.79 Å². The van der Waals surface area contributed by atoms with E-state index in [0.717, 1.165) is 12.8 Å². The summed E-state index contributed by atoms with van der Waals surface area (Å²) in [5, 5.41) is 0. The van der Waals surface area contributed by atoms with Crippen molar-refractivity contribution in [1.29, 1.82) is 0 Å². The summed E-state index contributed by atoms with van der Waals surface area (Å²) in [5.41, 5.74) is 0. The van der Waals surface area contributed by atoms with Gasteiger partial charge >= 0.3 is 5.97 Å². The molecular weight excluding hydrogens is 164 g/mol. The Kier molecular flexibility index (Phi) is 6.29. The quantitative estimate of drug-likeness (QED) is 0.468. The Morgan fingerprint density at radius 2 is 2.15 bits per heavy atom. The van der Waals surface area contributed by atoms with E-state index in [2.05, 4.69) is 13.5 Å². The van der Waals surface area contributed by atoms with Gasteiger partial charge in [-0.15, -0.1) is 6.58 Å². The third kappa shape index (κ3) is 5.45. The molecule has 0 heterocycles. The molecule has 2 heteroatoms. The average molecular weight is 184 g/mol. The lowest BCUT2D eigenvalue weighted by Crippen LogP contribution is -2.17. The number of allylic oxidation sites excluding steroid dienone is 1. The highest BCUT2D eigenvalue weighted by Crippen LogP contribution is 2.16. The van der Waals surface area contributed by atoms with Crippen LogP contribution in [-0.4, -0.2) is 12.6 Å². The molecule has 0 aromatic rings. The first-order valence-electron chi connectivity index (χ1n) is 4.89. The first kappa shape index (κ1) is 12.2. The molecule has 0 aromatic heterocycles. The topological polar surface area (TPSA) is 26.3 Å². The summed E-state index contributed by atoms with van der Waals surface area (Å²) in [7, 11) is 0. The van der Waals surface area contributed by atoms with Gasteiger partial charge in [0.05, 0.1) is 12.5 Å². The van der Waals surface area contributed by atoms with E-state index in [-0.39, 0.29) is 11.9 Å². The lowest BCUT2D eigenvalue weighted by Gasteiger charge is -2.14. The second-order valence-corrected chi connectivity index (χ2v) is 3.52. The number of esters is 1. The van der Waals surface area contributed by atoms with Crippen LogP contribution < -0.4 is 0 Å². The molecule has 0 amide bonds. The van der Waals surface area contributed by atoms with Crippen LogP contribution in [0.2, 0.25) is 0 Å². The van der Waals surface area contributed by atoms with Crippen molar-refractivity contribution in [1.82, 2.24) is 0 Å². The minimum absolute atomic E-state index is 0.00917. The molecule has 2 nitrogen and oxygen atoms in total. The molecule has 0 N–H and O–H groups in total. The summed E-state index contributed by atoms with van der Waals surface area (Å²) < 4.78 is 4.92. The predicted octanol–water partition coefficient (Wildman–Crippen LogP) is 2.79. The summed E-state index contributed by atoms with van der Waals surface area (Å²) >= 11 is 0. The zero-order chi connectivity index (χ0) is 10.3. The van der Waals surface area contributed by atoms with Gasteiger partial charge in [0, 0.05) is 0 Å². The summed E-state index contributed by atoms with van der Waals surface area (Å²) in [4.78, 5) is 11.2. The number of carbonyl (C=O) groups excluding carboxylic acids is 1. The monoisotopic (exact) mass is 184 g/mol. The first-order chi connectivity index (χ1) is 6.11. The van der Waals surface area contributed by atoms with Gasteiger partial charge in [-0.1, -0.05) is 19.9 Å². The molecule has 2 atom stereocenters. The van der Waals surface area contributed by atoms with Crippen LogP contribution >= 0.6 is 0 Å². The Morgan fingerprint density at radius 1 is 1.54 bits per heavy atom. The molecule has 0 aliphatic heterocycles. The van der Waals surface area contributed by atoms with Crippen LogP contribution in [0.4, 0.5) is 0 Å². The van der Waals surface area contributed by atoms with Crippen molar-refractivity contribution in [3.63, 3.8) is 0 Å². The molecule has 0 saturated heterocycles. The third-order valence-corrected chi connectivity index (χ3v) is 2.01. The van der Waals surface area contributed by atoms with Gasteiger partial charge in [0.1, 0.15) is 0 Å². The molecule has 0 aromatic carbocycles. The minimum Gasteiger partial charge on any atom is -0.466 e. The maximum Gasteiger partial charge on any atom is 0.308 e. The molecule has 0 aliphatic carbocycles. The maximum atomic E-state index is 11.2. The normalized spacial score (nSPS) is 14.7. The zero-order valence-corrected chi connectivity index (χ0v) is 8.88. The van der Waals surface area contributed by atoms with Crippen molar-refractivity contribution < 1.29 is 9.53 Å². The van der Waals surface area contributed by atoms with Gasteiger partial charge in [0.2, 0.25) is 0 Å². The summed E-state index contributed by atoms with van der Waals surface area (Å²) in [6.45, 7) is 10.0. The fourth-order valence-electron chi connectivity index (χ4n) is 1.37. The lowest BCUT2D eigenvalue weighted by molar-refractivity contribution is -0.147. The van der Waals surface area contributed by atoms with Crippen LogP contribution in [0.3, 0.4) is 0 Å². The Bertz CT molecular complexity index is 163. The van der Waals surface area contributed by atoms with E-state index < -0.39 is 0 Å². The number of hydrogen-bond donors (Lipinski definition) is 0. The molecule has 0 spiro atoms. The van der Waals surface area contributed by atoms with Gasteiger partial charge in [0.15, 0.2) is 0 Å². The molecule has 0 radical (unpaired) electrons. The second kappa shape index (κ2) is 6.70. The van der Waals surface area contributed by atoms with Crippen molar-refractivity contribution in [2.24, 2.45) is 11.8 Å². The van der Waals surface area contributed by atoms with Crippen molar-refractivity contribution in [3.8, 4) is 0 Å². The maximum absolute atomic E-state index is 11.2. The lowest BCUT2D eigenvalue weighted by atomic mass is 9.95. The van der Waals surface area contributed by atoms with E-state index in [4.69, 9.17) is 4.74 Å². The van der Waals surface area contributed by atoms with E-state index in [0.29, 0.717) is 12.5 Å². The first-order valence-corrected chi connectivity index (χ1v) is 4.89. The molecule has 13 heavy (non-hydrogen) atoms. The summed E-state index contributed by atoms with van der Waals surface area (Å²) in [6.07, 6.45) is 3.73. The van der Waals surface area contributed by atoms with Gasteiger partial charge in [-0.3, -0.25) is 4.79 Å². The van der Waals surface area contributed by atoms with Gasteiger partial charge < -0.3 is 4.74 Å². The highest BCUT2D eigenvalue weighted by molar-refractivity contribution is 5.71. The highest BCUT2D eigenvalue weighted by atomic mass is 16.5.